The minimum atomic E-state index is -3.47. The minimum Gasteiger partial charge on any atom is -0.370 e. The third-order valence-electron chi connectivity index (χ3n) is 2.20. The fourth-order valence-corrected chi connectivity index (χ4v) is 2.45. The van der Waals surface area contributed by atoms with Crippen molar-refractivity contribution in [3.63, 3.8) is 0 Å². The Hall–Kier alpha value is -1.14. The third kappa shape index (κ3) is 4.62. The second-order valence-electron chi connectivity index (χ2n) is 5.29. The summed E-state index contributed by atoms with van der Waals surface area (Å²) in [4.78, 5) is 4.24. The van der Waals surface area contributed by atoms with E-state index in [9.17, 15) is 8.42 Å². The first kappa shape index (κ1) is 14.9. The van der Waals surface area contributed by atoms with E-state index in [1.807, 2.05) is 27.7 Å². The zero-order chi connectivity index (χ0) is 13.8. The van der Waals surface area contributed by atoms with Crippen LogP contribution in [-0.4, -0.2) is 26.5 Å². The van der Waals surface area contributed by atoms with E-state index < -0.39 is 10.0 Å². The molecule has 1 aromatic heterocycles. The number of sulfonamides is 1. The van der Waals surface area contributed by atoms with E-state index in [4.69, 9.17) is 0 Å². The molecule has 18 heavy (non-hydrogen) atoms. The molecule has 0 aliphatic carbocycles. The largest absolute Gasteiger partial charge is 0.370 e. The predicted octanol–water partition coefficient (Wildman–Crippen LogP) is 1.84. The summed E-state index contributed by atoms with van der Waals surface area (Å²) in [5, 5.41) is 3.02. The number of pyridine rings is 1. The lowest BCUT2D eigenvalue weighted by atomic mass is 9.98. The van der Waals surface area contributed by atoms with Gasteiger partial charge in [0, 0.05) is 19.3 Å². The molecule has 0 amide bonds. The van der Waals surface area contributed by atoms with Crippen molar-refractivity contribution in [1.82, 2.24) is 9.71 Å². The number of nitrogens with one attached hydrogen (secondary N) is 2. The van der Waals surface area contributed by atoms with Gasteiger partial charge >= 0.3 is 0 Å². The Labute approximate surface area is 109 Å². The van der Waals surface area contributed by atoms with Crippen LogP contribution in [0.4, 0.5) is 5.82 Å². The summed E-state index contributed by atoms with van der Waals surface area (Å²) in [6, 6.07) is 3.21. The second-order valence-corrected chi connectivity index (χ2v) is 7.06. The van der Waals surface area contributed by atoms with Crippen LogP contribution in [0.3, 0.4) is 0 Å². The van der Waals surface area contributed by atoms with E-state index in [0.717, 1.165) is 6.54 Å². The summed E-state index contributed by atoms with van der Waals surface area (Å²) >= 11 is 0. The standard InChI is InChI=1S/C12H21N3O2S/c1-5-13-11-7-6-10(8-14-11)18(16,17)15-9-12(2,3)4/h6-8,15H,5,9H2,1-4H3,(H,13,14). The van der Waals surface area contributed by atoms with Crippen LogP contribution in [0.1, 0.15) is 27.7 Å². The Balaban J connectivity index is 2.79. The minimum absolute atomic E-state index is 0.0931. The second kappa shape index (κ2) is 5.67. The van der Waals surface area contributed by atoms with Gasteiger partial charge in [-0.25, -0.2) is 18.1 Å². The molecule has 2 N–H and O–H groups in total. The van der Waals surface area contributed by atoms with Gasteiger partial charge in [-0.05, 0) is 24.5 Å². The molecule has 0 fully saturated rings. The lowest BCUT2D eigenvalue weighted by Crippen LogP contribution is -2.32. The molecule has 0 aliphatic rings. The van der Waals surface area contributed by atoms with E-state index in [2.05, 4.69) is 15.0 Å². The number of anilines is 1. The Morgan fingerprint density at radius 2 is 1.94 bits per heavy atom. The van der Waals surface area contributed by atoms with Crippen LogP contribution < -0.4 is 10.0 Å². The van der Waals surface area contributed by atoms with Crippen LogP contribution in [0.15, 0.2) is 23.2 Å². The van der Waals surface area contributed by atoms with Gasteiger partial charge in [0.25, 0.3) is 0 Å². The fraction of sp³-hybridized carbons (Fsp3) is 0.583. The first-order valence-electron chi connectivity index (χ1n) is 5.94. The van der Waals surface area contributed by atoms with Crippen molar-refractivity contribution in [3.8, 4) is 0 Å². The predicted molar refractivity (Wildman–Crippen MR) is 73.0 cm³/mol. The summed E-state index contributed by atoms with van der Waals surface area (Å²) in [5.41, 5.74) is -0.0931. The lowest BCUT2D eigenvalue weighted by Gasteiger charge is -2.18. The van der Waals surface area contributed by atoms with Crippen molar-refractivity contribution in [1.29, 1.82) is 0 Å². The van der Waals surface area contributed by atoms with Gasteiger partial charge in [0.1, 0.15) is 10.7 Å². The number of nitrogens with zero attached hydrogens (tertiary/aromatic N) is 1. The van der Waals surface area contributed by atoms with Crippen LogP contribution in [-0.2, 0) is 10.0 Å². The molecule has 0 atom stereocenters. The Bertz CT molecular complexity index is 475. The Morgan fingerprint density at radius 1 is 1.28 bits per heavy atom. The number of hydrogen-bond acceptors (Lipinski definition) is 4. The highest BCUT2D eigenvalue weighted by atomic mass is 32.2. The zero-order valence-corrected chi connectivity index (χ0v) is 12.1. The van der Waals surface area contributed by atoms with Gasteiger partial charge in [-0.3, -0.25) is 0 Å². The van der Waals surface area contributed by atoms with E-state index in [1.54, 1.807) is 12.1 Å². The molecule has 0 bridgehead atoms. The van der Waals surface area contributed by atoms with E-state index in [-0.39, 0.29) is 10.3 Å². The van der Waals surface area contributed by atoms with Crippen LogP contribution >= 0.6 is 0 Å². The van der Waals surface area contributed by atoms with E-state index >= 15 is 0 Å². The van der Waals surface area contributed by atoms with Gasteiger partial charge in [0.15, 0.2) is 0 Å². The van der Waals surface area contributed by atoms with Gasteiger partial charge in [-0.1, -0.05) is 20.8 Å². The molecule has 1 aromatic rings. The third-order valence-corrected chi connectivity index (χ3v) is 3.58. The zero-order valence-electron chi connectivity index (χ0n) is 11.3. The van der Waals surface area contributed by atoms with Crippen molar-refractivity contribution in [2.24, 2.45) is 5.41 Å². The molecule has 1 heterocycles. The van der Waals surface area contributed by atoms with Crippen molar-refractivity contribution < 1.29 is 8.42 Å². The maximum absolute atomic E-state index is 12.0. The smallest absolute Gasteiger partial charge is 0.242 e. The molecule has 0 unspecified atom stereocenters. The van der Waals surface area contributed by atoms with Crippen LogP contribution in [0.25, 0.3) is 0 Å². The number of aromatic nitrogens is 1. The highest BCUT2D eigenvalue weighted by Gasteiger charge is 2.18. The fourth-order valence-electron chi connectivity index (χ4n) is 1.22. The molecule has 1 rings (SSSR count). The molecular weight excluding hydrogens is 250 g/mol. The van der Waals surface area contributed by atoms with Crippen molar-refractivity contribution in [2.45, 2.75) is 32.6 Å². The average Bonchev–Trinajstić information content (AvgIpc) is 2.27. The molecule has 5 nitrogen and oxygen atoms in total. The van der Waals surface area contributed by atoms with Gasteiger partial charge in [-0.15, -0.1) is 0 Å². The molecule has 0 saturated heterocycles. The van der Waals surface area contributed by atoms with Crippen molar-refractivity contribution >= 4 is 15.8 Å². The van der Waals surface area contributed by atoms with Crippen LogP contribution in [0.5, 0.6) is 0 Å². The molecule has 0 radical (unpaired) electrons. The van der Waals surface area contributed by atoms with Gasteiger partial charge in [0.2, 0.25) is 10.0 Å². The Kier molecular flexibility index (Phi) is 4.70. The monoisotopic (exact) mass is 271 g/mol. The normalized spacial score (nSPS) is 12.4. The molecule has 102 valence electrons. The van der Waals surface area contributed by atoms with E-state index in [1.165, 1.54) is 6.20 Å². The first-order chi connectivity index (χ1) is 8.24. The molecule has 6 heteroatoms. The van der Waals surface area contributed by atoms with E-state index in [0.29, 0.717) is 12.4 Å². The van der Waals surface area contributed by atoms with Gasteiger partial charge < -0.3 is 5.32 Å². The number of rotatable bonds is 5. The topological polar surface area (TPSA) is 71.1 Å². The van der Waals surface area contributed by atoms with Gasteiger partial charge in [0.05, 0.1) is 0 Å². The average molecular weight is 271 g/mol. The molecule has 0 aliphatic heterocycles. The highest BCUT2D eigenvalue weighted by molar-refractivity contribution is 7.89. The summed E-state index contributed by atoms with van der Waals surface area (Å²) in [5.74, 6) is 0.673. The Morgan fingerprint density at radius 3 is 2.39 bits per heavy atom. The molecular formula is C12H21N3O2S. The molecule has 0 spiro atoms. The summed E-state index contributed by atoms with van der Waals surface area (Å²) in [7, 11) is -3.47. The molecule has 0 saturated carbocycles. The van der Waals surface area contributed by atoms with Crippen LogP contribution in [0.2, 0.25) is 0 Å². The highest BCUT2D eigenvalue weighted by Crippen LogP contribution is 2.14. The first-order valence-corrected chi connectivity index (χ1v) is 7.42. The summed E-state index contributed by atoms with van der Waals surface area (Å²) in [6.45, 7) is 9.02. The summed E-state index contributed by atoms with van der Waals surface area (Å²) < 4.78 is 26.5. The van der Waals surface area contributed by atoms with Crippen molar-refractivity contribution in [3.05, 3.63) is 18.3 Å². The lowest BCUT2D eigenvalue weighted by molar-refractivity contribution is 0.407. The quantitative estimate of drug-likeness (QED) is 0.857. The van der Waals surface area contributed by atoms with Crippen LogP contribution in [0, 0.1) is 5.41 Å². The summed E-state index contributed by atoms with van der Waals surface area (Å²) in [6.07, 6.45) is 1.36. The van der Waals surface area contributed by atoms with Gasteiger partial charge in [-0.2, -0.15) is 0 Å². The number of hydrogen-bond donors (Lipinski definition) is 2. The SMILES string of the molecule is CCNc1ccc(S(=O)(=O)NCC(C)(C)C)cn1. The van der Waals surface area contributed by atoms with Crippen molar-refractivity contribution in [2.75, 3.05) is 18.4 Å². The molecule has 0 aromatic carbocycles. The maximum Gasteiger partial charge on any atom is 0.242 e. The maximum atomic E-state index is 12.0.